The molecule has 0 aromatic rings. The summed E-state index contributed by atoms with van der Waals surface area (Å²) in [7, 11) is 0. The average Bonchev–Trinajstić information content (AvgIpc) is 3.41. The van der Waals surface area contributed by atoms with Gasteiger partial charge < -0.3 is 14.2 Å². The summed E-state index contributed by atoms with van der Waals surface area (Å²) in [6.07, 6.45) is 76.9. The molecule has 75 heavy (non-hydrogen) atoms. The molecule has 0 aromatic carbocycles. The highest BCUT2D eigenvalue weighted by atomic mass is 16.6. The van der Waals surface area contributed by atoms with E-state index in [4.69, 9.17) is 14.2 Å². The van der Waals surface area contributed by atoms with Crippen molar-refractivity contribution < 1.29 is 28.6 Å². The van der Waals surface area contributed by atoms with Crippen LogP contribution in [0, 0.1) is 0 Å². The molecule has 0 N–H and O–H groups in total. The molecule has 0 radical (unpaired) electrons. The van der Waals surface area contributed by atoms with Crippen LogP contribution >= 0.6 is 0 Å². The Labute approximate surface area is 469 Å². The summed E-state index contributed by atoms with van der Waals surface area (Å²) in [5.41, 5.74) is 0. The molecule has 1 unspecified atom stereocenters. The lowest BCUT2D eigenvalue weighted by Crippen LogP contribution is -2.30. The molecule has 0 saturated carbocycles. The van der Waals surface area contributed by atoms with Crippen molar-refractivity contribution in [1.82, 2.24) is 0 Å². The van der Waals surface area contributed by atoms with Crippen LogP contribution in [0.25, 0.3) is 0 Å². The summed E-state index contributed by atoms with van der Waals surface area (Å²) >= 11 is 0. The molecule has 0 spiro atoms. The van der Waals surface area contributed by atoms with Gasteiger partial charge in [0.05, 0.1) is 0 Å². The summed E-state index contributed by atoms with van der Waals surface area (Å²) in [6, 6.07) is 0. The number of unbranched alkanes of at least 4 members (excludes halogenated alkanes) is 51. The van der Waals surface area contributed by atoms with Crippen molar-refractivity contribution in [3.8, 4) is 0 Å². The van der Waals surface area contributed by atoms with Crippen LogP contribution in [0.4, 0.5) is 0 Å². The molecule has 1 atom stereocenters. The van der Waals surface area contributed by atoms with Crippen molar-refractivity contribution in [2.75, 3.05) is 13.2 Å². The lowest BCUT2D eigenvalue weighted by molar-refractivity contribution is -0.167. The van der Waals surface area contributed by atoms with E-state index < -0.39 is 6.10 Å². The number of hydrogen-bond acceptors (Lipinski definition) is 6. The number of ether oxygens (including phenoxy) is 3. The zero-order chi connectivity index (χ0) is 54.3. The van der Waals surface area contributed by atoms with Crippen LogP contribution in [0.5, 0.6) is 0 Å². The Kier molecular flexibility index (Phi) is 63.1. The standard InChI is InChI=1S/C69H132O6/c1-4-7-10-13-16-19-21-23-25-27-29-30-31-32-33-34-35-36-37-38-39-40-41-43-44-46-48-50-53-56-59-62-68(71)74-65-66(64-73-67(70)61-58-55-52-18-15-12-9-6-3)75-69(72)63-60-57-54-51-49-47-45-42-28-26-24-22-20-17-14-11-8-5-2/h27,29,66H,4-26,28,30-65H2,1-3H3/b29-27-. The second-order valence-corrected chi connectivity index (χ2v) is 23.5. The van der Waals surface area contributed by atoms with Crippen LogP contribution in [-0.2, 0) is 28.6 Å². The molecule has 0 aromatic heterocycles. The van der Waals surface area contributed by atoms with Gasteiger partial charge in [0.15, 0.2) is 6.10 Å². The van der Waals surface area contributed by atoms with Gasteiger partial charge in [0.2, 0.25) is 0 Å². The topological polar surface area (TPSA) is 78.9 Å². The van der Waals surface area contributed by atoms with Gasteiger partial charge in [-0.25, -0.2) is 0 Å². The third-order valence-corrected chi connectivity index (χ3v) is 15.8. The average molecular weight is 1060 g/mol. The van der Waals surface area contributed by atoms with Gasteiger partial charge in [-0.05, 0) is 44.9 Å². The highest BCUT2D eigenvalue weighted by Gasteiger charge is 2.19. The minimum atomic E-state index is -0.763. The fraction of sp³-hybridized carbons (Fsp3) is 0.928. The molecule has 0 rings (SSSR count). The Hall–Kier alpha value is -1.85. The minimum Gasteiger partial charge on any atom is -0.462 e. The number of carbonyl (C=O) groups is 3. The van der Waals surface area contributed by atoms with Gasteiger partial charge in [0, 0.05) is 19.3 Å². The van der Waals surface area contributed by atoms with Crippen molar-refractivity contribution in [3.05, 3.63) is 12.2 Å². The number of esters is 3. The van der Waals surface area contributed by atoms with Crippen LogP contribution in [0.15, 0.2) is 12.2 Å². The molecule has 6 nitrogen and oxygen atoms in total. The highest BCUT2D eigenvalue weighted by molar-refractivity contribution is 5.71. The summed E-state index contributed by atoms with van der Waals surface area (Å²) in [4.78, 5) is 38.1. The Morgan fingerprint density at radius 2 is 0.440 bits per heavy atom. The van der Waals surface area contributed by atoms with Gasteiger partial charge in [-0.3, -0.25) is 14.4 Å². The monoisotopic (exact) mass is 1060 g/mol. The van der Waals surface area contributed by atoms with Crippen molar-refractivity contribution >= 4 is 17.9 Å². The fourth-order valence-corrected chi connectivity index (χ4v) is 10.6. The Balaban J connectivity index is 4.00. The van der Waals surface area contributed by atoms with E-state index in [1.807, 2.05) is 0 Å². The van der Waals surface area contributed by atoms with Crippen molar-refractivity contribution in [2.45, 2.75) is 399 Å². The third-order valence-electron chi connectivity index (χ3n) is 15.8. The Morgan fingerprint density at radius 3 is 0.667 bits per heavy atom. The first-order valence-corrected chi connectivity index (χ1v) is 34.2. The van der Waals surface area contributed by atoms with Crippen LogP contribution in [0.2, 0.25) is 0 Å². The summed E-state index contributed by atoms with van der Waals surface area (Å²) in [5, 5.41) is 0. The van der Waals surface area contributed by atoms with E-state index in [0.29, 0.717) is 19.3 Å². The molecular formula is C69H132O6. The van der Waals surface area contributed by atoms with E-state index in [0.717, 1.165) is 57.8 Å². The van der Waals surface area contributed by atoms with Gasteiger partial charge in [-0.15, -0.1) is 0 Å². The second kappa shape index (κ2) is 64.7. The van der Waals surface area contributed by atoms with E-state index in [-0.39, 0.29) is 31.1 Å². The smallest absolute Gasteiger partial charge is 0.306 e. The number of rotatable bonds is 64. The summed E-state index contributed by atoms with van der Waals surface area (Å²) < 4.78 is 16.9. The van der Waals surface area contributed by atoms with Gasteiger partial charge >= 0.3 is 17.9 Å². The molecule has 0 saturated heterocycles. The SMILES string of the molecule is CCCCCCCCCC/C=C\CCCCCCCCCCCCCCCCCCCCCC(=O)OCC(COC(=O)CCCCCCCCCC)OC(=O)CCCCCCCCCCCCCCCCCCCC. The molecule has 0 aliphatic carbocycles. The van der Waals surface area contributed by atoms with Crippen LogP contribution < -0.4 is 0 Å². The van der Waals surface area contributed by atoms with Crippen LogP contribution in [0.1, 0.15) is 393 Å². The molecule has 444 valence electrons. The molecule has 0 heterocycles. The molecule has 6 heteroatoms. The van der Waals surface area contributed by atoms with Crippen LogP contribution in [0.3, 0.4) is 0 Å². The van der Waals surface area contributed by atoms with Crippen molar-refractivity contribution in [1.29, 1.82) is 0 Å². The molecule has 0 aliphatic rings. The predicted molar refractivity (Wildman–Crippen MR) is 326 cm³/mol. The summed E-state index contributed by atoms with van der Waals surface area (Å²) in [6.45, 7) is 6.69. The van der Waals surface area contributed by atoms with Crippen molar-refractivity contribution in [2.24, 2.45) is 0 Å². The maximum absolute atomic E-state index is 12.9. The molecule has 0 amide bonds. The largest absolute Gasteiger partial charge is 0.462 e. The van der Waals surface area contributed by atoms with Gasteiger partial charge in [-0.2, -0.15) is 0 Å². The maximum atomic E-state index is 12.9. The first kappa shape index (κ1) is 73.2. The Bertz CT molecular complexity index is 1170. The number of hydrogen-bond donors (Lipinski definition) is 0. The van der Waals surface area contributed by atoms with Gasteiger partial charge in [-0.1, -0.05) is 341 Å². The molecular weight excluding hydrogens is 925 g/mol. The molecule has 0 fully saturated rings. The van der Waals surface area contributed by atoms with E-state index in [1.54, 1.807) is 0 Å². The third kappa shape index (κ3) is 62.9. The van der Waals surface area contributed by atoms with E-state index in [9.17, 15) is 14.4 Å². The minimum absolute atomic E-state index is 0.0627. The van der Waals surface area contributed by atoms with Gasteiger partial charge in [0.25, 0.3) is 0 Å². The maximum Gasteiger partial charge on any atom is 0.306 e. The molecule has 0 aliphatic heterocycles. The zero-order valence-corrected chi connectivity index (χ0v) is 51.1. The van der Waals surface area contributed by atoms with Gasteiger partial charge in [0.1, 0.15) is 13.2 Å². The summed E-state index contributed by atoms with van der Waals surface area (Å²) in [5.74, 6) is -0.836. The quantitative estimate of drug-likeness (QED) is 0.0261. The number of carbonyl (C=O) groups excluding carboxylic acids is 3. The number of allylic oxidation sites excluding steroid dienone is 2. The first-order chi connectivity index (χ1) is 37.0. The zero-order valence-electron chi connectivity index (χ0n) is 51.1. The first-order valence-electron chi connectivity index (χ1n) is 34.2. The molecule has 0 bridgehead atoms. The lowest BCUT2D eigenvalue weighted by atomic mass is 10.0. The van der Waals surface area contributed by atoms with Crippen LogP contribution in [-0.4, -0.2) is 37.2 Å². The van der Waals surface area contributed by atoms with E-state index >= 15 is 0 Å². The Morgan fingerprint density at radius 1 is 0.253 bits per heavy atom. The lowest BCUT2D eigenvalue weighted by Gasteiger charge is -2.18. The normalized spacial score (nSPS) is 12.0. The van der Waals surface area contributed by atoms with E-state index in [2.05, 4.69) is 32.9 Å². The highest BCUT2D eigenvalue weighted by Crippen LogP contribution is 2.19. The second-order valence-electron chi connectivity index (χ2n) is 23.5. The van der Waals surface area contributed by atoms with E-state index in [1.165, 1.54) is 295 Å². The predicted octanol–water partition coefficient (Wildman–Crippen LogP) is 23.2. The fourth-order valence-electron chi connectivity index (χ4n) is 10.6. The van der Waals surface area contributed by atoms with Crippen molar-refractivity contribution in [3.63, 3.8) is 0 Å².